The Morgan fingerprint density at radius 3 is 2.62 bits per heavy atom. The molecule has 3 heteroatoms. The lowest BCUT2D eigenvalue weighted by atomic mass is 10.5. The van der Waals surface area contributed by atoms with Gasteiger partial charge in [-0.2, -0.15) is 5.10 Å². The topological polar surface area (TPSA) is 36.8 Å². The van der Waals surface area contributed by atoms with E-state index in [1.54, 1.807) is 20.3 Å². The van der Waals surface area contributed by atoms with Gasteiger partial charge in [0.25, 0.3) is 0 Å². The first-order valence-electron chi connectivity index (χ1n) is 2.44. The third kappa shape index (κ3) is 3.33. The smallest absolute Gasteiger partial charge is 0.0749 e. The molecule has 0 saturated carbocycles. The third-order valence-electron chi connectivity index (χ3n) is 0.604. The lowest BCUT2D eigenvalue weighted by Gasteiger charge is -1.87. The summed E-state index contributed by atoms with van der Waals surface area (Å²) in [5.74, 6) is 0. The second-order valence-corrected chi connectivity index (χ2v) is 1.36. The Labute approximate surface area is 49.5 Å². The molecule has 0 aliphatic rings. The van der Waals surface area contributed by atoms with Crippen molar-refractivity contribution in [3.63, 3.8) is 0 Å². The van der Waals surface area contributed by atoms with Crippen LogP contribution in [-0.4, -0.2) is 26.0 Å². The van der Waals surface area contributed by atoms with Gasteiger partial charge in [-0.05, 0) is 6.92 Å². The summed E-state index contributed by atoms with van der Waals surface area (Å²) in [7, 11) is 3.47. The fourth-order valence-electron chi connectivity index (χ4n) is 0.392. The van der Waals surface area contributed by atoms with Gasteiger partial charge < -0.3 is 5.43 Å². The molecule has 0 unspecified atom stereocenters. The highest BCUT2D eigenvalue weighted by Gasteiger charge is 1.76. The SMILES string of the molecule is CN=CC(C)=NNC. The molecule has 0 aliphatic heterocycles. The Hall–Kier alpha value is -0.860. The van der Waals surface area contributed by atoms with E-state index in [4.69, 9.17) is 0 Å². The summed E-state index contributed by atoms with van der Waals surface area (Å²) in [6, 6.07) is 0. The van der Waals surface area contributed by atoms with Gasteiger partial charge in [-0.1, -0.05) is 0 Å². The summed E-state index contributed by atoms with van der Waals surface area (Å²) in [4.78, 5) is 3.76. The first kappa shape index (κ1) is 7.14. The predicted octanol–water partition coefficient (Wildman–Crippen LogP) is 0.282. The number of hydrogen-bond donors (Lipinski definition) is 1. The van der Waals surface area contributed by atoms with E-state index in [1.165, 1.54) is 0 Å². The molecule has 0 aromatic heterocycles. The zero-order valence-corrected chi connectivity index (χ0v) is 5.47. The van der Waals surface area contributed by atoms with Gasteiger partial charge in [0.2, 0.25) is 0 Å². The third-order valence-corrected chi connectivity index (χ3v) is 0.604. The number of nitrogens with zero attached hydrogens (tertiary/aromatic N) is 2. The monoisotopic (exact) mass is 113 g/mol. The van der Waals surface area contributed by atoms with E-state index < -0.39 is 0 Å². The van der Waals surface area contributed by atoms with Crippen LogP contribution >= 0.6 is 0 Å². The lowest BCUT2D eigenvalue weighted by molar-refractivity contribution is 0.903. The van der Waals surface area contributed by atoms with E-state index in [2.05, 4.69) is 15.5 Å². The second-order valence-electron chi connectivity index (χ2n) is 1.36. The molecule has 0 amide bonds. The summed E-state index contributed by atoms with van der Waals surface area (Å²) in [5, 5.41) is 3.83. The van der Waals surface area contributed by atoms with Crippen LogP contribution < -0.4 is 5.43 Å². The molecule has 0 aromatic carbocycles. The van der Waals surface area contributed by atoms with Crippen molar-refractivity contribution >= 4 is 11.9 Å². The number of hydrazone groups is 1. The van der Waals surface area contributed by atoms with Crippen molar-refractivity contribution < 1.29 is 0 Å². The van der Waals surface area contributed by atoms with E-state index in [1.807, 2.05) is 6.92 Å². The maximum atomic E-state index is 3.83. The highest BCUT2D eigenvalue weighted by molar-refractivity contribution is 6.29. The van der Waals surface area contributed by atoms with Gasteiger partial charge in [-0.3, -0.25) is 4.99 Å². The molecule has 0 fully saturated rings. The van der Waals surface area contributed by atoms with Crippen LogP contribution in [0.4, 0.5) is 0 Å². The normalized spacial score (nSPS) is 12.6. The van der Waals surface area contributed by atoms with Crippen molar-refractivity contribution in [3.8, 4) is 0 Å². The number of aliphatic imine (C=N–C) groups is 1. The van der Waals surface area contributed by atoms with Crippen LogP contribution in [0.2, 0.25) is 0 Å². The van der Waals surface area contributed by atoms with E-state index >= 15 is 0 Å². The fourth-order valence-corrected chi connectivity index (χ4v) is 0.392. The van der Waals surface area contributed by atoms with Gasteiger partial charge in [0.1, 0.15) is 0 Å². The van der Waals surface area contributed by atoms with Crippen molar-refractivity contribution in [1.29, 1.82) is 0 Å². The fraction of sp³-hybridized carbons (Fsp3) is 0.600. The van der Waals surface area contributed by atoms with Crippen LogP contribution in [0, 0.1) is 0 Å². The molecule has 0 heterocycles. The van der Waals surface area contributed by atoms with Gasteiger partial charge in [-0.15, -0.1) is 0 Å². The van der Waals surface area contributed by atoms with Crippen LogP contribution in [0.1, 0.15) is 6.92 Å². The minimum absolute atomic E-state index is 0.884. The molecule has 0 aliphatic carbocycles. The van der Waals surface area contributed by atoms with Crippen molar-refractivity contribution in [1.82, 2.24) is 5.43 Å². The standard InChI is InChI=1S/C5H11N3/c1-5(4-6-2)8-7-3/h4,7H,1-3H3. The summed E-state index contributed by atoms with van der Waals surface area (Å²) >= 11 is 0. The number of hydrogen-bond acceptors (Lipinski definition) is 3. The first-order valence-corrected chi connectivity index (χ1v) is 2.44. The summed E-state index contributed by atoms with van der Waals surface area (Å²) in [6.45, 7) is 1.88. The van der Waals surface area contributed by atoms with E-state index in [-0.39, 0.29) is 0 Å². The molecule has 46 valence electrons. The quantitative estimate of drug-likeness (QED) is 0.405. The van der Waals surface area contributed by atoms with Crippen LogP contribution in [0.3, 0.4) is 0 Å². The zero-order valence-electron chi connectivity index (χ0n) is 5.47. The Kier molecular flexibility index (Phi) is 3.84. The van der Waals surface area contributed by atoms with Crippen LogP contribution in [-0.2, 0) is 0 Å². The summed E-state index contributed by atoms with van der Waals surface area (Å²) in [5.41, 5.74) is 3.53. The Morgan fingerprint density at radius 2 is 2.25 bits per heavy atom. The Bertz CT molecular complexity index is 104. The lowest BCUT2D eigenvalue weighted by Crippen LogP contribution is -2.01. The maximum Gasteiger partial charge on any atom is 0.0749 e. The zero-order chi connectivity index (χ0) is 6.41. The van der Waals surface area contributed by atoms with Crippen LogP contribution in [0.25, 0.3) is 0 Å². The van der Waals surface area contributed by atoms with E-state index in [9.17, 15) is 0 Å². The summed E-state index contributed by atoms with van der Waals surface area (Å²) < 4.78 is 0. The molecule has 0 aromatic rings. The van der Waals surface area contributed by atoms with Crippen molar-refractivity contribution in [2.45, 2.75) is 6.92 Å². The van der Waals surface area contributed by atoms with Crippen molar-refractivity contribution in [2.24, 2.45) is 10.1 Å². The summed E-state index contributed by atoms with van der Waals surface area (Å²) in [6.07, 6.45) is 1.69. The Balaban J connectivity index is 3.61. The average molecular weight is 113 g/mol. The molecule has 0 rings (SSSR count). The van der Waals surface area contributed by atoms with Crippen LogP contribution in [0.5, 0.6) is 0 Å². The molecule has 8 heavy (non-hydrogen) atoms. The van der Waals surface area contributed by atoms with Gasteiger partial charge in [0.15, 0.2) is 0 Å². The maximum absolute atomic E-state index is 3.83. The van der Waals surface area contributed by atoms with Gasteiger partial charge in [0.05, 0.1) is 5.71 Å². The number of rotatable bonds is 2. The minimum Gasteiger partial charge on any atom is -0.313 e. The number of nitrogens with one attached hydrogen (secondary N) is 1. The second kappa shape index (κ2) is 4.30. The molecule has 0 bridgehead atoms. The van der Waals surface area contributed by atoms with Gasteiger partial charge >= 0.3 is 0 Å². The molecule has 0 spiro atoms. The highest BCUT2D eigenvalue weighted by atomic mass is 15.3. The Morgan fingerprint density at radius 1 is 1.62 bits per heavy atom. The first-order chi connectivity index (χ1) is 3.81. The molecule has 3 nitrogen and oxygen atoms in total. The molecule has 0 radical (unpaired) electrons. The molecule has 0 atom stereocenters. The van der Waals surface area contributed by atoms with E-state index in [0.717, 1.165) is 5.71 Å². The van der Waals surface area contributed by atoms with Crippen molar-refractivity contribution in [3.05, 3.63) is 0 Å². The van der Waals surface area contributed by atoms with Gasteiger partial charge in [-0.25, -0.2) is 0 Å². The highest BCUT2D eigenvalue weighted by Crippen LogP contribution is 1.65. The predicted molar refractivity (Wildman–Crippen MR) is 36.6 cm³/mol. The largest absolute Gasteiger partial charge is 0.313 e. The molecule has 0 saturated heterocycles. The van der Waals surface area contributed by atoms with E-state index in [0.29, 0.717) is 0 Å². The van der Waals surface area contributed by atoms with Crippen LogP contribution in [0.15, 0.2) is 10.1 Å². The average Bonchev–Trinajstić information content (AvgIpc) is 1.68. The van der Waals surface area contributed by atoms with Gasteiger partial charge in [0, 0.05) is 20.3 Å². The van der Waals surface area contributed by atoms with Crippen molar-refractivity contribution in [2.75, 3.05) is 14.1 Å². The minimum atomic E-state index is 0.884. The molecule has 1 N–H and O–H groups in total. The molecular weight excluding hydrogens is 102 g/mol. The molecular formula is C5H11N3.